The molecule has 0 aliphatic carbocycles. The summed E-state index contributed by atoms with van der Waals surface area (Å²) in [6, 6.07) is 4.02. The number of aromatic nitrogens is 1. The van der Waals surface area contributed by atoms with Crippen LogP contribution in [0.25, 0.3) is 0 Å². The molecule has 1 N–H and O–H groups in total. The summed E-state index contributed by atoms with van der Waals surface area (Å²) in [7, 11) is 0. The van der Waals surface area contributed by atoms with Crippen molar-refractivity contribution in [2.45, 2.75) is 12.8 Å². The van der Waals surface area contributed by atoms with Crippen molar-refractivity contribution in [3.8, 4) is 0 Å². The van der Waals surface area contributed by atoms with Crippen molar-refractivity contribution in [2.75, 3.05) is 0 Å². The summed E-state index contributed by atoms with van der Waals surface area (Å²) in [5.74, 6) is 0.380. The molecule has 1 heteroatoms. The molecule has 0 bridgehead atoms. The van der Waals surface area contributed by atoms with E-state index < -0.39 is 0 Å². The van der Waals surface area contributed by atoms with Crippen molar-refractivity contribution < 1.29 is 0 Å². The highest BCUT2D eigenvalue weighted by atomic mass is 14.7. The molecule has 1 aromatic heterocycles. The summed E-state index contributed by atoms with van der Waals surface area (Å²) in [5.41, 5.74) is 1.20. The summed E-state index contributed by atoms with van der Waals surface area (Å²) in [6.45, 7) is 5.91. The molecular formula is C7H10N. The van der Waals surface area contributed by atoms with E-state index in [0.29, 0.717) is 5.92 Å². The zero-order valence-electron chi connectivity index (χ0n) is 5.02. The van der Waals surface area contributed by atoms with Gasteiger partial charge in [0, 0.05) is 11.9 Å². The van der Waals surface area contributed by atoms with E-state index >= 15 is 0 Å². The van der Waals surface area contributed by atoms with Crippen LogP contribution in [0.5, 0.6) is 0 Å². The molecule has 1 aromatic rings. The van der Waals surface area contributed by atoms with E-state index in [0.717, 1.165) is 0 Å². The minimum Gasteiger partial charge on any atom is -0.365 e. The van der Waals surface area contributed by atoms with Gasteiger partial charge in [0.1, 0.15) is 0 Å². The van der Waals surface area contributed by atoms with Crippen LogP contribution in [0, 0.1) is 6.92 Å². The van der Waals surface area contributed by atoms with E-state index in [1.54, 1.807) is 0 Å². The van der Waals surface area contributed by atoms with Gasteiger partial charge in [-0.15, -0.1) is 0 Å². The topological polar surface area (TPSA) is 15.8 Å². The molecule has 1 nitrogen and oxygen atoms in total. The summed E-state index contributed by atoms with van der Waals surface area (Å²) in [6.07, 6.45) is 1.91. The second-order valence-electron chi connectivity index (χ2n) is 2.03. The first-order valence-electron chi connectivity index (χ1n) is 2.77. The first-order valence-corrected chi connectivity index (χ1v) is 2.77. The van der Waals surface area contributed by atoms with Crippen LogP contribution in [0.15, 0.2) is 18.3 Å². The van der Waals surface area contributed by atoms with Crippen LogP contribution >= 0.6 is 0 Å². The number of hydrogen-bond donors (Lipinski definition) is 1. The van der Waals surface area contributed by atoms with E-state index in [4.69, 9.17) is 0 Å². The molecule has 1 rings (SSSR count). The van der Waals surface area contributed by atoms with Crippen molar-refractivity contribution in [3.63, 3.8) is 0 Å². The second-order valence-corrected chi connectivity index (χ2v) is 2.03. The molecule has 0 saturated carbocycles. The van der Waals surface area contributed by atoms with Crippen molar-refractivity contribution in [1.82, 2.24) is 4.98 Å². The molecule has 0 amide bonds. The van der Waals surface area contributed by atoms with Crippen molar-refractivity contribution >= 4 is 0 Å². The summed E-state index contributed by atoms with van der Waals surface area (Å²) < 4.78 is 0. The summed E-state index contributed by atoms with van der Waals surface area (Å²) in [4.78, 5) is 3.07. The summed E-state index contributed by atoms with van der Waals surface area (Å²) >= 11 is 0. The third-order valence-corrected chi connectivity index (χ3v) is 1.15. The minimum atomic E-state index is 0.380. The lowest BCUT2D eigenvalue weighted by molar-refractivity contribution is 0.918. The third kappa shape index (κ3) is 0.915. The van der Waals surface area contributed by atoms with Gasteiger partial charge >= 0.3 is 0 Å². The average molecular weight is 108 g/mol. The molecule has 0 spiro atoms. The fourth-order valence-electron chi connectivity index (χ4n) is 0.651. The van der Waals surface area contributed by atoms with Crippen LogP contribution in [0.4, 0.5) is 0 Å². The molecule has 0 aromatic carbocycles. The van der Waals surface area contributed by atoms with Crippen molar-refractivity contribution in [2.24, 2.45) is 0 Å². The molecule has 0 fully saturated rings. The van der Waals surface area contributed by atoms with E-state index in [9.17, 15) is 0 Å². The molecule has 0 aliphatic heterocycles. The summed E-state index contributed by atoms with van der Waals surface area (Å²) in [5, 5.41) is 0. The van der Waals surface area contributed by atoms with Crippen LogP contribution in [-0.4, -0.2) is 4.98 Å². The van der Waals surface area contributed by atoms with Gasteiger partial charge in [-0.05, 0) is 25.0 Å². The van der Waals surface area contributed by atoms with Gasteiger partial charge in [0.05, 0.1) is 0 Å². The molecule has 0 aliphatic rings. The Hall–Kier alpha value is -0.720. The maximum absolute atomic E-state index is 3.85. The van der Waals surface area contributed by atoms with Gasteiger partial charge in [0.15, 0.2) is 0 Å². The van der Waals surface area contributed by atoms with Gasteiger partial charge in [-0.3, -0.25) is 0 Å². The quantitative estimate of drug-likeness (QED) is 0.566. The predicted octanol–water partition coefficient (Wildman–Crippen LogP) is 1.95. The van der Waals surface area contributed by atoms with Crippen LogP contribution in [0.1, 0.15) is 18.5 Å². The molecule has 8 heavy (non-hydrogen) atoms. The Kier molecular flexibility index (Phi) is 1.38. The van der Waals surface area contributed by atoms with Crippen molar-refractivity contribution in [3.05, 3.63) is 30.9 Å². The Bertz CT molecular complexity index is 139. The number of nitrogens with one attached hydrogen (secondary N) is 1. The number of aromatic amines is 1. The van der Waals surface area contributed by atoms with Crippen LogP contribution < -0.4 is 0 Å². The Morgan fingerprint density at radius 1 is 1.75 bits per heavy atom. The minimum absolute atomic E-state index is 0.380. The lowest BCUT2D eigenvalue weighted by Gasteiger charge is -1.96. The van der Waals surface area contributed by atoms with E-state index in [1.807, 2.05) is 18.3 Å². The maximum Gasteiger partial charge on any atom is 0.0175 e. The highest BCUT2D eigenvalue weighted by molar-refractivity contribution is 5.09. The highest BCUT2D eigenvalue weighted by Crippen LogP contribution is 2.08. The first-order chi connectivity index (χ1) is 3.80. The van der Waals surface area contributed by atoms with Crippen molar-refractivity contribution in [1.29, 1.82) is 0 Å². The Balaban J connectivity index is 2.77. The molecule has 1 atom stereocenters. The van der Waals surface area contributed by atoms with E-state index in [2.05, 4.69) is 18.8 Å². The Morgan fingerprint density at radius 2 is 2.50 bits per heavy atom. The SMILES string of the molecule is [CH2]C(C)c1ccc[nH]1. The maximum atomic E-state index is 3.85. The van der Waals surface area contributed by atoms with Gasteiger partial charge in [0.2, 0.25) is 0 Å². The number of hydrogen-bond acceptors (Lipinski definition) is 0. The Labute approximate surface area is 49.7 Å². The van der Waals surface area contributed by atoms with Crippen LogP contribution in [-0.2, 0) is 0 Å². The molecule has 1 heterocycles. The average Bonchev–Trinajstić information content (AvgIpc) is 2.12. The smallest absolute Gasteiger partial charge is 0.0175 e. The zero-order chi connectivity index (χ0) is 5.98. The standard InChI is InChI=1S/C7H10N/c1-6(2)7-4-3-5-8-7/h3-6,8H,1H2,2H3. The molecule has 1 radical (unpaired) electrons. The fraction of sp³-hybridized carbons (Fsp3) is 0.286. The second kappa shape index (κ2) is 2.03. The van der Waals surface area contributed by atoms with Gasteiger partial charge in [0.25, 0.3) is 0 Å². The first kappa shape index (κ1) is 5.42. The van der Waals surface area contributed by atoms with Gasteiger partial charge in [-0.1, -0.05) is 6.92 Å². The van der Waals surface area contributed by atoms with Crippen LogP contribution in [0.3, 0.4) is 0 Å². The van der Waals surface area contributed by atoms with E-state index in [1.165, 1.54) is 5.69 Å². The fourth-order valence-corrected chi connectivity index (χ4v) is 0.651. The largest absolute Gasteiger partial charge is 0.365 e. The van der Waals surface area contributed by atoms with Gasteiger partial charge < -0.3 is 4.98 Å². The third-order valence-electron chi connectivity index (χ3n) is 1.15. The molecular weight excluding hydrogens is 98.1 g/mol. The van der Waals surface area contributed by atoms with Gasteiger partial charge in [-0.2, -0.15) is 0 Å². The molecule has 0 saturated heterocycles. The normalized spacial score (nSPS) is 10.4. The van der Waals surface area contributed by atoms with E-state index in [-0.39, 0.29) is 0 Å². The Morgan fingerprint density at radius 3 is 2.75 bits per heavy atom. The predicted molar refractivity (Wildman–Crippen MR) is 34.6 cm³/mol. The number of H-pyrrole nitrogens is 1. The van der Waals surface area contributed by atoms with Gasteiger partial charge in [-0.25, -0.2) is 0 Å². The number of rotatable bonds is 1. The lowest BCUT2D eigenvalue weighted by Crippen LogP contribution is -1.84. The molecule has 1 unspecified atom stereocenters. The lowest BCUT2D eigenvalue weighted by atomic mass is 10.1. The highest BCUT2D eigenvalue weighted by Gasteiger charge is 1.94. The zero-order valence-corrected chi connectivity index (χ0v) is 5.02. The molecule has 43 valence electrons. The van der Waals surface area contributed by atoms with Crippen LogP contribution in [0.2, 0.25) is 0 Å². The monoisotopic (exact) mass is 108 g/mol.